The Morgan fingerprint density at radius 1 is 1.06 bits per heavy atom. The molecule has 2 aromatic carbocycles. The smallest absolute Gasteiger partial charge is 0.251 e. The number of thioether (sulfide) groups is 1. The highest BCUT2D eigenvalue weighted by Gasteiger charge is 2.18. The molecule has 0 aromatic heterocycles. The Hall–Kier alpha value is -2.19. The summed E-state index contributed by atoms with van der Waals surface area (Å²) in [7, 11) is -3.48. The molecule has 8 heteroatoms. The van der Waals surface area contributed by atoms with Crippen molar-refractivity contribution >= 4 is 33.4 Å². The summed E-state index contributed by atoms with van der Waals surface area (Å²) in [5.74, 6) is 1.40. The molecule has 0 bridgehead atoms. The van der Waals surface area contributed by atoms with E-state index in [0.717, 1.165) is 11.3 Å². The zero-order valence-corrected chi connectivity index (χ0v) is 20.5. The van der Waals surface area contributed by atoms with Crippen LogP contribution in [0.25, 0.3) is 0 Å². The van der Waals surface area contributed by atoms with Gasteiger partial charge in [0.1, 0.15) is 5.75 Å². The lowest BCUT2D eigenvalue weighted by molar-refractivity contribution is 0.0956. The average Bonchev–Trinajstić information content (AvgIpc) is 2.69. The van der Waals surface area contributed by atoms with Crippen molar-refractivity contribution in [2.75, 3.05) is 29.5 Å². The van der Waals surface area contributed by atoms with Crippen LogP contribution >= 0.6 is 11.8 Å². The summed E-state index contributed by atoms with van der Waals surface area (Å²) < 4.78 is 31.7. The van der Waals surface area contributed by atoms with Gasteiger partial charge in [-0.15, -0.1) is 0 Å². The van der Waals surface area contributed by atoms with Crippen molar-refractivity contribution in [1.82, 2.24) is 5.32 Å². The first-order valence-electron chi connectivity index (χ1n) is 10.2. The molecule has 2 rings (SSSR count). The highest BCUT2D eigenvalue weighted by molar-refractivity contribution is 8.00. The van der Waals surface area contributed by atoms with E-state index in [1.54, 1.807) is 60.3 Å². The third-order valence-electron chi connectivity index (χ3n) is 4.30. The van der Waals surface area contributed by atoms with Crippen LogP contribution in [0.15, 0.2) is 48.5 Å². The van der Waals surface area contributed by atoms with Gasteiger partial charge < -0.3 is 10.1 Å². The number of carbonyl (C=O) groups is 1. The Morgan fingerprint density at radius 3 is 2.19 bits per heavy atom. The molecule has 0 fully saturated rings. The summed E-state index contributed by atoms with van der Waals surface area (Å²) in [6.07, 6.45) is 1.18. The minimum absolute atomic E-state index is 0.132. The lowest BCUT2D eigenvalue weighted by atomic mass is 10.1. The minimum Gasteiger partial charge on any atom is -0.494 e. The molecule has 6 nitrogen and oxygen atoms in total. The van der Waals surface area contributed by atoms with Gasteiger partial charge in [-0.1, -0.05) is 32.9 Å². The average molecular weight is 465 g/mol. The lowest BCUT2D eigenvalue weighted by Crippen LogP contribution is -2.29. The molecular formula is C23H32N2O4S2. The van der Waals surface area contributed by atoms with Crippen molar-refractivity contribution in [1.29, 1.82) is 0 Å². The second kappa shape index (κ2) is 10.9. The molecule has 1 N–H and O–H groups in total. The van der Waals surface area contributed by atoms with Crippen LogP contribution in [0.1, 0.15) is 43.6 Å². The third kappa shape index (κ3) is 8.45. The highest BCUT2D eigenvalue weighted by Crippen LogP contribution is 2.24. The number of nitrogens with zero attached hydrogens (tertiary/aromatic N) is 1. The molecule has 1 amide bonds. The highest BCUT2D eigenvalue weighted by atomic mass is 32.2. The Bertz CT molecular complexity index is 951. The van der Waals surface area contributed by atoms with Gasteiger partial charge in [0.25, 0.3) is 5.91 Å². The quantitative estimate of drug-likeness (QED) is 0.530. The van der Waals surface area contributed by atoms with Crippen LogP contribution in [0, 0.1) is 0 Å². The summed E-state index contributed by atoms with van der Waals surface area (Å²) in [6.45, 7) is 9.65. The summed E-state index contributed by atoms with van der Waals surface area (Å²) >= 11 is 1.80. The molecule has 170 valence electrons. The van der Waals surface area contributed by atoms with Gasteiger partial charge in [0.05, 0.1) is 25.1 Å². The molecular weight excluding hydrogens is 432 g/mol. The van der Waals surface area contributed by atoms with Gasteiger partial charge >= 0.3 is 0 Å². The molecule has 0 atom stereocenters. The van der Waals surface area contributed by atoms with Crippen molar-refractivity contribution in [3.05, 3.63) is 59.7 Å². The van der Waals surface area contributed by atoms with Crippen LogP contribution < -0.4 is 14.4 Å². The van der Waals surface area contributed by atoms with Crippen molar-refractivity contribution in [2.45, 2.75) is 39.0 Å². The van der Waals surface area contributed by atoms with Gasteiger partial charge in [-0.25, -0.2) is 8.42 Å². The number of carbonyl (C=O) groups excluding carboxylic acids is 1. The fraction of sp³-hybridized carbons (Fsp3) is 0.435. The van der Waals surface area contributed by atoms with Gasteiger partial charge in [0, 0.05) is 22.6 Å². The Balaban J connectivity index is 2.03. The first kappa shape index (κ1) is 25.1. The van der Waals surface area contributed by atoms with Gasteiger partial charge in [-0.05, 0) is 48.9 Å². The van der Waals surface area contributed by atoms with Crippen molar-refractivity contribution in [3.63, 3.8) is 0 Å². The SMILES string of the molecule is CCOc1ccc(N(Cc2ccc(C(=O)NCCSC(C)(C)C)cc2)S(C)(=O)=O)cc1. The maximum Gasteiger partial charge on any atom is 0.251 e. The fourth-order valence-electron chi connectivity index (χ4n) is 2.83. The van der Waals surface area contributed by atoms with Crippen LogP contribution in [0.2, 0.25) is 0 Å². The van der Waals surface area contributed by atoms with Crippen LogP contribution in [0.4, 0.5) is 5.69 Å². The summed E-state index contributed by atoms with van der Waals surface area (Å²) in [5, 5.41) is 2.92. The van der Waals surface area contributed by atoms with Crippen molar-refractivity contribution in [2.24, 2.45) is 0 Å². The number of ether oxygens (including phenoxy) is 1. The van der Waals surface area contributed by atoms with Crippen LogP contribution in [0.5, 0.6) is 5.75 Å². The zero-order valence-electron chi connectivity index (χ0n) is 18.8. The number of hydrogen-bond acceptors (Lipinski definition) is 5. The second-order valence-electron chi connectivity index (χ2n) is 8.11. The van der Waals surface area contributed by atoms with E-state index >= 15 is 0 Å². The number of sulfonamides is 1. The normalized spacial score (nSPS) is 11.8. The molecule has 31 heavy (non-hydrogen) atoms. The van der Waals surface area contributed by atoms with Gasteiger partial charge in [-0.2, -0.15) is 11.8 Å². The minimum atomic E-state index is -3.48. The molecule has 0 aliphatic heterocycles. The van der Waals surface area contributed by atoms with Gasteiger partial charge in [0.2, 0.25) is 10.0 Å². The van der Waals surface area contributed by atoms with E-state index in [0.29, 0.717) is 30.2 Å². The molecule has 0 radical (unpaired) electrons. The maximum absolute atomic E-state index is 12.4. The van der Waals surface area contributed by atoms with Gasteiger partial charge in [-0.3, -0.25) is 9.10 Å². The maximum atomic E-state index is 12.4. The number of rotatable bonds is 10. The number of anilines is 1. The van der Waals surface area contributed by atoms with E-state index in [9.17, 15) is 13.2 Å². The Labute approximate surface area is 190 Å². The summed E-state index contributed by atoms with van der Waals surface area (Å²) in [6, 6.07) is 14.0. The molecule has 0 aliphatic rings. The van der Waals surface area contributed by atoms with Crippen LogP contribution in [-0.2, 0) is 16.6 Å². The first-order chi connectivity index (χ1) is 14.5. The lowest BCUT2D eigenvalue weighted by Gasteiger charge is -2.23. The number of amides is 1. The van der Waals surface area contributed by atoms with E-state index in [1.165, 1.54) is 10.6 Å². The van der Waals surface area contributed by atoms with Crippen molar-refractivity contribution < 1.29 is 17.9 Å². The topological polar surface area (TPSA) is 75.7 Å². The van der Waals surface area contributed by atoms with E-state index in [1.807, 2.05) is 6.92 Å². The number of benzene rings is 2. The Morgan fingerprint density at radius 2 is 1.68 bits per heavy atom. The predicted molar refractivity (Wildman–Crippen MR) is 130 cm³/mol. The standard InChI is InChI=1S/C23H32N2O4S2/c1-6-29-21-13-11-20(12-14-21)25(31(5,27)28)17-18-7-9-19(10-8-18)22(26)24-15-16-30-23(2,3)4/h7-14H,6,15-17H2,1-5H3,(H,24,26). The van der Waals surface area contributed by atoms with Crippen LogP contribution in [0.3, 0.4) is 0 Å². The van der Waals surface area contributed by atoms with Crippen LogP contribution in [-0.4, -0.2) is 44.2 Å². The first-order valence-corrected chi connectivity index (χ1v) is 13.0. The van der Waals surface area contributed by atoms with E-state index in [4.69, 9.17) is 4.74 Å². The molecule has 0 heterocycles. The van der Waals surface area contributed by atoms with Crippen molar-refractivity contribution in [3.8, 4) is 5.75 Å². The molecule has 0 aliphatic carbocycles. The number of nitrogens with one attached hydrogen (secondary N) is 1. The Kier molecular flexibility index (Phi) is 8.82. The monoisotopic (exact) mass is 464 g/mol. The molecule has 2 aromatic rings. The zero-order chi connectivity index (χ0) is 23.1. The predicted octanol–water partition coefficient (Wildman–Crippen LogP) is 4.31. The number of hydrogen-bond donors (Lipinski definition) is 1. The van der Waals surface area contributed by atoms with E-state index in [-0.39, 0.29) is 17.2 Å². The van der Waals surface area contributed by atoms with E-state index < -0.39 is 10.0 Å². The molecule has 0 saturated carbocycles. The summed E-state index contributed by atoms with van der Waals surface area (Å²) in [5.41, 5.74) is 1.90. The molecule has 0 saturated heterocycles. The molecule has 0 spiro atoms. The summed E-state index contributed by atoms with van der Waals surface area (Å²) in [4.78, 5) is 12.3. The largest absolute Gasteiger partial charge is 0.494 e. The van der Waals surface area contributed by atoms with E-state index in [2.05, 4.69) is 26.1 Å². The second-order valence-corrected chi connectivity index (χ2v) is 11.9. The molecule has 0 unspecified atom stereocenters. The third-order valence-corrected chi connectivity index (χ3v) is 6.72. The van der Waals surface area contributed by atoms with Gasteiger partial charge in [0.15, 0.2) is 0 Å². The fourth-order valence-corrected chi connectivity index (χ4v) is 4.53.